The fourth-order valence-electron chi connectivity index (χ4n) is 2.74. The average molecular weight is 317 g/mol. The van der Waals surface area contributed by atoms with Crippen LogP contribution >= 0.6 is 0 Å². The molecule has 7 nitrogen and oxygen atoms in total. The molecule has 1 saturated heterocycles. The molecule has 0 aliphatic carbocycles. The van der Waals surface area contributed by atoms with E-state index < -0.39 is 5.97 Å². The van der Waals surface area contributed by atoms with E-state index >= 15 is 0 Å². The van der Waals surface area contributed by atoms with Crippen molar-refractivity contribution >= 4 is 5.97 Å². The molecular formula is C16H19N3O4. The summed E-state index contributed by atoms with van der Waals surface area (Å²) in [5.74, 6) is 1.31. The maximum atomic E-state index is 10.9. The van der Waals surface area contributed by atoms with Crippen molar-refractivity contribution in [2.75, 3.05) is 26.2 Å². The highest BCUT2D eigenvalue weighted by Gasteiger charge is 2.27. The van der Waals surface area contributed by atoms with Gasteiger partial charge in [0.15, 0.2) is 5.82 Å². The van der Waals surface area contributed by atoms with Gasteiger partial charge in [-0.3, -0.25) is 4.90 Å². The number of likely N-dealkylation sites (tertiary alicyclic amines) is 1. The van der Waals surface area contributed by atoms with Gasteiger partial charge in [-0.05, 0) is 31.2 Å². The van der Waals surface area contributed by atoms with E-state index in [-0.39, 0.29) is 5.56 Å². The Kier molecular flexibility index (Phi) is 4.57. The second-order valence-electron chi connectivity index (χ2n) is 5.64. The van der Waals surface area contributed by atoms with Crippen molar-refractivity contribution in [3.8, 4) is 5.75 Å². The van der Waals surface area contributed by atoms with Gasteiger partial charge in [0, 0.05) is 25.9 Å². The number of carboxylic acid groups (broad SMARTS) is 1. The van der Waals surface area contributed by atoms with Gasteiger partial charge in [0.1, 0.15) is 12.4 Å². The number of nitrogens with zero attached hydrogens (tertiary/aromatic N) is 3. The zero-order valence-electron chi connectivity index (χ0n) is 12.9. The minimum Gasteiger partial charge on any atom is -0.492 e. The van der Waals surface area contributed by atoms with Crippen LogP contribution in [-0.4, -0.2) is 52.4 Å². The number of carboxylic acids is 1. The van der Waals surface area contributed by atoms with Crippen molar-refractivity contribution in [3.63, 3.8) is 0 Å². The number of aromatic carboxylic acids is 1. The van der Waals surface area contributed by atoms with Crippen LogP contribution in [0.15, 0.2) is 28.8 Å². The lowest BCUT2D eigenvalue weighted by Gasteiger charge is -2.15. The lowest BCUT2D eigenvalue weighted by atomic mass is 10.1. The quantitative estimate of drug-likeness (QED) is 0.871. The van der Waals surface area contributed by atoms with Crippen molar-refractivity contribution in [3.05, 3.63) is 41.5 Å². The van der Waals surface area contributed by atoms with Crippen LogP contribution in [0.5, 0.6) is 5.75 Å². The van der Waals surface area contributed by atoms with E-state index in [0.717, 1.165) is 31.9 Å². The molecule has 1 aliphatic heterocycles. The van der Waals surface area contributed by atoms with Crippen molar-refractivity contribution in [2.24, 2.45) is 0 Å². The third kappa shape index (κ3) is 3.87. The number of ether oxygens (including phenoxy) is 1. The Hall–Kier alpha value is -2.41. The second kappa shape index (κ2) is 6.78. The molecule has 2 aromatic rings. The van der Waals surface area contributed by atoms with Gasteiger partial charge >= 0.3 is 5.97 Å². The van der Waals surface area contributed by atoms with Gasteiger partial charge in [-0.2, -0.15) is 4.98 Å². The smallest absolute Gasteiger partial charge is 0.335 e. The molecule has 0 saturated carbocycles. The predicted molar refractivity (Wildman–Crippen MR) is 81.7 cm³/mol. The Morgan fingerprint density at radius 1 is 1.52 bits per heavy atom. The molecule has 1 fully saturated rings. The van der Waals surface area contributed by atoms with E-state index in [1.807, 2.05) is 0 Å². The largest absolute Gasteiger partial charge is 0.492 e. The molecule has 23 heavy (non-hydrogen) atoms. The molecule has 1 unspecified atom stereocenters. The van der Waals surface area contributed by atoms with Gasteiger partial charge in [0.05, 0.1) is 5.56 Å². The summed E-state index contributed by atoms with van der Waals surface area (Å²) in [4.78, 5) is 17.5. The number of benzene rings is 1. The lowest BCUT2D eigenvalue weighted by Crippen LogP contribution is -2.26. The summed E-state index contributed by atoms with van der Waals surface area (Å²) in [6, 6.07) is 6.54. The van der Waals surface area contributed by atoms with Crippen molar-refractivity contribution < 1.29 is 19.2 Å². The highest BCUT2D eigenvalue weighted by atomic mass is 16.5. The number of hydrogen-bond donors (Lipinski definition) is 1. The monoisotopic (exact) mass is 317 g/mol. The molecule has 0 bridgehead atoms. The van der Waals surface area contributed by atoms with E-state index in [0.29, 0.717) is 24.2 Å². The van der Waals surface area contributed by atoms with Gasteiger partial charge in [-0.1, -0.05) is 11.2 Å². The van der Waals surface area contributed by atoms with Gasteiger partial charge in [0.2, 0.25) is 5.89 Å². The molecule has 0 radical (unpaired) electrons. The van der Waals surface area contributed by atoms with Crippen LogP contribution in [0.25, 0.3) is 0 Å². The maximum absolute atomic E-state index is 10.9. The minimum atomic E-state index is -0.951. The molecule has 1 aliphatic rings. The van der Waals surface area contributed by atoms with E-state index in [4.69, 9.17) is 14.4 Å². The summed E-state index contributed by atoms with van der Waals surface area (Å²) >= 11 is 0. The molecule has 2 heterocycles. The average Bonchev–Trinajstić information content (AvgIpc) is 3.16. The Morgan fingerprint density at radius 2 is 2.39 bits per heavy atom. The zero-order chi connectivity index (χ0) is 16.2. The van der Waals surface area contributed by atoms with E-state index in [2.05, 4.69) is 15.0 Å². The standard InChI is InChI=1S/C16H19N3O4/c1-11-17-15(18-23-11)13-5-6-19(10-13)7-8-22-14-4-2-3-12(9-14)16(20)21/h2-4,9,13H,5-8,10H2,1H3,(H,20,21). The molecule has 1 atom stereocenters. The second-order valence-corrected chi connectivity index (χ2v) is 5.64. The van der Waals surface area contributed by atoms with Crippen LogP contribution in [-0.2, 0) is 0 Å². The van der Waals surface area contributed by atoms with Crippen LogP contribution < -0.4 is 4.74 Å². The molecule has 122 valence electrons. The third-order valence-electron chi connectivity index (χ3n) is 3.94. The number of aryl methyl sites for hydroxylation is 1. The first-order chi connectivity index (χ1) is 11.1. The first-order valence-corrected chi connectivity index (χ1v) is 7.60. The normalized spacial score (nSPS) is 18.2. The number of aromatic nitrogens is 2. The highest BCUT2D eigenvalue weighted by molar-refractivity contribution is 5.87. The van der Waals surface area contributed by atoms with Crippen molar-refractivity contribution in [1.82, 2.24) is 15.0 Å². The Labute approximate surface area is 133 Å². The molecule has 1 N–H and O–H groups in total. The first kappa shape index (κ1) is 15.5. The van der Waals surface area contributed by atoms with Gasteiger partial charge in [0.25, 0.3) is 0 Å². The molecule has 0 spiro atoms. The summed E-state index contributed by atoms with van der Waals surface area (Å²) in [5.41, 5.74) is 0.233. The lowest BCUT2D eigenvalue weighted by molar-refractivity contribution is 0.0696. The van der Waals surface area contributed by atoms with Crippen LogP contribution in [0.4, 0.5) is 0 Å². The van der Waals surface area contributed by atoms with Gasteiger partial charge < -0.3 is 14.4 Å². The van der Waals surface area contributed by atoms with Gasteiger partial charge in [-0.15, -0.1) is 0 Å². The number of rotatable bonds is 6. The molecule has 7 heteroatoms. The summed E-state index contributed by atoms with van der Waals surface area (Å²) in [6.07, 6.45) is 1.01. The van der Waals surface area contributed by atoms with E-state index in [1.54, 1.807) is 25.1 Å². The molecule has 1 aromatic carbocycles. The van der Waals surface area contributed by atoms with Crippen molar-refractivity contribution in [2.45, 2.75) is 19.3 Å². The molecule has 0 amide bonds. The van der Waals surface area contributed by atoms with E-state index in [1.165, 1.54) is 6.07 Å². The third-order valence-corrected chi connectivity index (χ3v) is 3.94. The summed E-state index contributed by atoms with van der Waals surface area (Å²) in [5, 5.41) is 12.9. The first-order valence-electron chi connectivity index (χ1n) is 7.60. The molecule has 1 aromatic heterocycles. The Balaban J connectivity index is 1.46. The van der Waals surface area contributed by atoms with Crippen molar-refractivity contribution in [1.29, 1.82) is 0 Å². The Bertz CT molecular complexity index is 685. The van der Waals surface area contributed by atoms with E-state index in [9.17, 15) is 4.79 Å². The molecule has 3 rings (SSSR count). The fraction of sp³-hybridized carbons (Fsp3) is 0.438. The highest BCUT2D eigenvalue weighted by Crippen LogP contribution is 2.24. The topological polar surface area (TPSA) is 88.7 Å². The zero-order valence-corrected chi connectivity index (χ0v) is 12.9. The van der Waals surface area contributed by atoms with Crippen LogP contribution in [0, 0.1) is 6.92 Å². The SMILES string of the molecule is Cc1nc(C2CCN(CCOc3cccc(C(=O)O)c3)C2)no1. The van der Waals surface area contributed by atoms with Gasteiger partial charge in [-0.25, -0.2) is 4.79 Å². The Morgan fingerprint density at radius 3 is 3.13 bits per heavy atom. The summed E-state index contributed by atoms with van der Waals surface area (Å²) < 4.78 is 10.7. The van der Waals surface area contributed by atoms with Crippen LogP contribution in [0.1, 0.15) is 34.4 Å². The number of hydrogen-bond acceptors (Lipinski definition) is 6. The predicted octanol–water partition coefficient (Wildman–Crippen LogP) is 1.94. The fourth-order valence-corrected chi connectivity index (χ4v) is 2.74. The van der Waals surface area contributed by atoms with Crippen LogP contribution in [0.3, 0.4) is 0 Å². The molecular weight excluding hydrogens is 298 g/mol. The van der Waals surface area contributed by atoms with Crippen LogP contribution in [0.2, 0.25) is 0 Å². The summed E-state index contributed by atoms with van der Waals surface area (Å²) in [6.45, 7) is 4.95. The minimum absolute atomic E-state index is 0.233. The summed E-state index contributed by atoms with van der Waals surface area (Å²) in [7, 11) is 0. The maximum Gasteiger partial charge on any atom is 0.335 e. The number of carbonyl (C=O) groups is 1.